The molecule has 1 aromatic carbocycles. The van der Waals surface area contributed by atoms with Gasteiger partial charge in [0.25, 0.3) is 0 Å². The molecule has 1 N–H and O–H groups in total. The molecule has 2 amide bonds. The minimum absolute atomic E-state index is 0.0136. The quantitative estimate of drug-likeness (QED) is 0.535. The van der Waals surface area contributed by atoms with Crippen LogP contribution in [0, 0.1) is 0 Å². The number of pyridine rings is 1. The Morgan fingerprint density at radius 1 is 1.12 bits per heavy atom. The zero-order valence-corrected chi connectivity index (χ0v) is 19.7. The summed E-state index contributed by atoms with van der Waals surface area (Å²) in [6, 6.07) is 13.9. The predicted molar refractivity (Wildman–Crippen MR) is 130 cm³/mol. The minimum atomic E-state index is -0.346. The van der Waals surface area contributed by atoms with Gasteiger partial charge >= 0.3 is 0 Å². The van der Waals surface area contributed by atoms with Crippen molar-refractivity contribution < 1.29 is 9.59 Å². The second-order valence-corrected chi connectivity index (χ2v) is 8.84. The van der Waals surface area contributed by atoms with Gasteiger partial charge in [-0.1, -0.05) is 30.3 Å². The Bertz CT molecular complexity index is 1100. The van der Waals surface area contributed by atoms with Crippen molar-refractivity contribution in [3.05, 3.63) is 78.3 Å². The first-order chi connectivity index (χ1) is 15.7. The van der Waals surface area contributed by atoms with Crippen LogP contribution in [0.15, 0.2) is 67.1 Å². The molecular formula is C26H31N5O2. The summed E-state index contributed by atoms with van der Waals surface area (Å²) in [6.07, 6.45) is 8.64. The molecule has 3 rings (SSSR count). The average molecular weight is 446 g/mol. The Hall–Kier alpha value is -3.74. The van der Waals surface area contributed by atoms with Crippen LogP contribution in [0.2, 0.25) is 0 Å². The third-order valence-corrected chi connectivity index (χ3v) is 4.86. The standard InChI is InChI=1S/C26H31N5O2/c1-5-30(19-23(32)28-26(2,3)4)24(33)14-13-22-18-31(17-20-10-7-6-8-11-20)29-25(22)21-12-9-15-27-16-21/h6-16,18H,5,17,19H2,1-4H3,(H,28,32)/b14-13+. The SMILES string of the molecule is CCN(CC(=O)NC(C)(C)C)C(=O)/C=C/c1cn(Cc2ccccc2)nc1-c1cccnc1. The number of carbonyl (C=O) groups is 2. The second kappa shape index (κ2) is 10.7. The van der Waals surface area contributed by atoms with Gasteiger partial charge in [-0.05, 0) is 51.5 Å². The lowest BCUT2D eigenvalue weighted by molar-refractivity contribution is -0.132. The number of likely N-dealkylation sites (N-methyl/N-ethyl adjacent to an activating group) is 1. The number of carbonyl (C=O) groups excluding carboxylic acids is 2. The van der Waals surface area contributed by atoms with Gasteiger partial charge in [0.1, 0.15) is 5.69 Å². The van der Waals surface area contributed by atoms with E-state index in [-0.39, 0.29) is 23.9 Å². The molecule has 0 unspecified atom stereocenters. The van der Waals surface area contributed by atoms with E-state index < -0.39 is 0 Å². The maximum atomic E-state index is 12.8. The van der Waals surface area contributed by atoms with Gasteiger partial charge < -0.3 is 10.2 Å². The van der Waals surface area contributed by atoms with E-state index >= 15 is 0 Å². The highest BCUT2D eigenvalue weighted by molar-refractivity contribution is 5.95. The normalized spacial score (nSPS) is 11.5. The van der Waals surface area contributed by atoms with Crippen LogP contribution in [0.1, 0.15) is 38.8 Å². The van der Waals surface area contributed by atoms with Gasteiger partial charge in [-0.2, -0.15) is 5.10 Å². The van der Waals surface area contributed by atoms with Crippen molar-refractivity contribution >= 4 is 17.9 Å². The van der Waals surface area contributed by atoms with Crippen molar-refractivity contribution in [3.8, 4) is 11.3 Å². The van der Waals surface area contributed by atoms with Gasteiger partial charge in [0.15, 0.2) is 0 Å². The molecule has 172 valence electrons. The van der Waals surface area contributed by atoms with Crippen molar-refractivity contribution in [1.29, 1.82) is 0 Å². The summed E-state index contributed by atoms with van der Waals surface area (Å²) < 4.78 is 1.86. The van der Waals surface area contributed by atoms with Crippen LogP contribution < -0.4 is 5.32 Å². The monoisotopic (exact) mass is 445 g/mol. The van der Waals surface area contributed by atoms with Crippen LogP contribution in [-0.4, -0.2) is 50.1 Å². The number of benzene rings is 1. The van der Waals surface area contributed by atoms with Crippen LogP contribution >= 0.6 is 0 Å². The molecule has 0 saturated heterocycles. The number of hydrogen-bond donors (Lipinski definition) is 1. The van der Waals surface area contributed by atoms with E-state index in [1.807, 2.05) is 81.0 Å². The summed E-state index contributed by atoms with van der Waals surface area (Å²) in [4.78, 5) is 30.8. The molecule has 0 radical (unpaired) electrons. The van der Waals surface area contributed by atoms with Crippen LogP contribution in [0.3, 0.4) is 0 Å². The first-order valence-electron chi connectivity index (χ1n) is 11.0. The third kappa shape index (κ3) is 7.14. The van der Waals surface area contributed by atoms with E-state index in [1.54, 1.807) is 18.5 Å². The summed E-state index contributed by atoms with van der Waals surface area (Å²) in [6.45, 7) is 8.66. The highest BCUT2D eigenvalue weighted by Gasteiger charge is 2.18. The molecule has 0 saturated carbocycles. The average Bonchev–Trinajstić information content (AvgIpc) is 3.18. The molecule has 0 aliphatic carbocycles. The molecule has 2 aromatic heterocycles. The van der Waals surface area contributed by atoms with E-state index in [4.69, 9.17) is 5.10 Å². The fourth-order valence-electron chi connectivity index (χ4n) is 3.38. The van der Waals surface area contributed by atoms with Crippen LogP contribution in [0.25, 0.3) is 17.3 Å². The number of amides is 2. The Labute approximate surface area is 195 Å². The van der Waals surface area contributed by atoms with E-state index in [1.165, 1.54) is 11.0 Å². The molecular weight excluding hydrogens is 414 g/mol. The molecule has 3 aromatic rings. The lowest BCUT2D eigenvalue weighted by Crippen LogP contribution is -2.47. The van der Waals surface area contributed by atoms with Gasteiger partial charge in [-0.3, -0.25) is 19.3 Å². The third-order valence-electron chi connectivity index (χ3n) is 4.86. The molecule has 0 fully saturated rings. The molecule has 0 spiro atoms. The number of rotatable bonds is 8. The first-order valence-corrected chi connectivity index (χ1v) is 11.0. The minimum Gasteiger partial charge on any atom is -0.350 e. The van der Waals surface area contributed by atoms with Gasteiger partial charge in [0.05, 0.1) is 13.1 Å². The number of nitrogens with zero attached hydrogens (tertiary/aromatic N) is 4. The van der Waals surface area contributed by atoms with Crippen LogP contribution in [0.5, 0.6) is 0 Å². The lowest BCUT2D eigenvalue weighted by Gasteiger charge is -2.24. The molecule has 2 heterocycles. The Balaban J connectivity index is 1.81. The lowest BCUT2D eigenvalue weighted by atomic mass is 10.1. The number of hydrogen-bond acceptors (Lipinski definition) is 4. The molecule has 0 aliphatic rings. The largest absolute Gasteiger partial charge is 0.350 e. The smallest absolute Gasteiger partial charge is 0.247 e. The van der Waals surface area contributed by atoms with Crippen molar-refractivity contribution in [1.82, 2.24) is 25.0 Å². The molecule has 0 aliphatic heterocycles. The Kier molecular flexibility index (Phi) is 7.77. The second-order valence-electron chi connectivity index (χ2n) is 8.84. The molecule has 7 nitrogen and oxygen atoms in total. The first kappa shape index (κ1) is 23.9. The highest BCUT2D eigenvalue weighted by atomic mass is 16.2. The summed E-state index contributed by atoms with van der Waals surface area (Å²) >= 11 is 0. The topological polar surface area (TPSA) is 80.1 Å². The van der Waals surface area contributed by atoms with E-state index in [0.29, 0.717) is 13.1 Å². The van der Waals surface area contributed by atoms with Crippen molar-refractivity contribution in [2.24, 2.45) is 0 Å². The van der Waals surface area contributed by atoms with Crippen molar-refractivity contribution in [3.63, 3.8) is 0 Å². The Morgan fingerprint density at radius 2 is 1.88 bits per heavy atom. The molecule has 33 heavy (non-hydrogen) atoms. The van der Waals surface area contributed by atoms with Gasteiger partial charge in [-0.25, -0.2) is 0 Å². The zero-order valence-electron chi connectivity index (χ0n) is 19.7. The number of aromatic nitrogens is 3. The van der Waals surface area contributed by atoms with E-state index in [0.717, 1.165) is 22.4 Å². The highest BCUT2D eigenvalue weighted by Crippen LogP contribution is 2.23. The summed E-state index contributed by atoms with van der Waals surface area (Å²) in [5, 5.41) is 7.64. The van der Waals surface area contributed by atoms with E-state index in [2.05, 4.69) is 10.3 Å². The zero-order chi connectivity index (χ0) is 23.8. The van der Waals surface area contributed by atoms with Crippen molar-refractivity contribution in [2.45, 2.75) is 39.8 Å². The summed E-state index contributed by atoms with van der Waals surface area (Å²) in [5.41, 5.74) is 3.21. The fraction of sp³-hybridized carbons (Fsp3) is 0.308. The number of nitrogens with one attached hydrogen (secondary N) is 1. The predicted octanol–water partition coefficient (Wildman–Crippen LogP) is 3.77. The summed E-state index contributed by atoms with van der Waals surface area (Å²) in [5.74, 6) is -0.410. The summed E-state index contributed by atoms with van der Waals surface area (Å²) in [7, 11) is 0. The van der Waals surface area contributed by atoms with Crippen LogP contribution in [0.4, 0.5) is 0 Å². The maximum Gasteiger partial charge on any atom is 0.247 e. The Morgan fingerprint density at radius 3 is 2.52 bits per heavy atom. The molecule has 0 bridgehead atoms. The van der Waals surface area contributed by atoms with Gasteiger partial charge in [0, 0.05) is 47.9 Å². The molecule has 0 atom stereocenters. The van der Waals surface area contributed by atoms with Gasteiger partial charge in [0.2, 0.25) is 11.8 Å². The van der Waals surface area contributed by atoms with Crippen LogP contribution in [-0.2, 0) is 16.1 Å². The van der Waals surface area contributed by atoms with Gasteiger partial charge in [-0.15, -0.1) is 0 Å². The van der Waals surface area contributed by atoms with Crippen molar-refractivity contribution in [2.75, 3.05) is 13.1 Å². The maximum absolute atomic E-state index is 12.8. The van der Waals surface area contributed by atoms with E-state index in [9.17, 15) is 9.59 Å². The fourth-order valence-corrected chi connectivity index (χ4v) is 3.38. The molecule has 7 heteroatoms.